The number of hydrogen-bond acceptors (Lipinski definition) is 5. The molecule has 0 bridgehead atoms. The smallest absolute Gasteiger partial charge is 0.267 e. The second-order valence-corrected chi connectivity index (χ2v) is 5.38. The molecule has 2 heterocycles. The number of fused-ring (bicyclic) bond motifs is 1. The SMILES string of the molecule is CCCC(c1nc2ccccc2[nH]1)n1cc(C=CC(=O)NO)nn1. The number of hydrogen-bond donors (Lipinski definition) is 3. The van der Waals surface area contributed by atoms with Crippen LogP contribution >= 0.6 is 0 Å². The summed E-state index contributed by atoms with van der Waals surface area (Å²) in [4.78, 5) is 19.0. The maximum atomic E-state index is 11.0. The summed E-state index contributed by atoms with van der Waals surface area (Å²) in [5.41, 5.74) is 3.94. The van der Waals surface area contributed by atoms with E-state index in [1.807, 2.05) is 24.3 Å². The van der Waals surface area contributed by atoms with E-state index in [0.717, 1.165) is 29.7 Å². The van der Waals surface area contributed by atoms with Gasteiger partial charge < -0.3 is 4.98 Å². The highest BCUT2D eigenvalue weighted by molar-refractivity contribution is 5.90. The molecule has 1 unspecified atom stereocenters. The molecule has 0 aliphatic heterocycles. The normalized spacial score (nSPS) is 12.8. The van der Waals surface area contributed by atoms with E-state index in [4.69, 9.17) is 5.21 Å². The van der Waals surface area contributed by atoms with Gasteiger partial charge in [0.25, 0.3) is 5.91 Å². The number of nitrogens with one attached hydrogen (secondary N) is 2. The highest BCUT2D eigenvalue weighted by Crippen LogP contribution is 2.23. The van der Waals surface area contributed by atoms with Crippen LogP contribution in [0.2, 0.25) is 0 Å². The third-order valence-electron chi connectivity index (χ3n) is 3.65. The first-order valence-electron chi connectivity index (χ1n) is 7.70. The summed E-state index contributed by atoms with van der Waals surface area (Å²) in [6.07, 6.45) is 6.22. The van der Waals surface area contributed by atoms with E-state index < -0.39 is 5.91 Å². The van der Waals surface area contributed by atoms with Gasteiger partial charge in [0.2, 0.25) is 0 Å². The van der Waals surface area contributed by atoms with E-state index in [1.165, 1.54) is 17.6 Å². The molecule has 3 aromatic rings. The van der Waals surface area contributed by atoms with Gasteiger partial charge in [-0.05, 0) is 24.6 Å². The molecule has 0 fully saturated rings. The standard InChI is InChI=1S/C16H18N6O2/c1-2-5-14(16-17-12-6-3-4-7-13(12)18-16)22-10-11(19-21-22)8-9-15(23)20-24/h3-4,6-10,14,24H,2,5H2,1H3,(H,17,18)(H,20,23). The number of carbonyl (C=O) groups excluding carboxylic acids is 1. The molecule has 0 aliphatic carbocycles. The third kappa shape index (κ3) is 3.33. The zero-order valence-corrected chi connectivity index (χ0v) is 13.2. The molecular formula is C16H18N6O2. The van der Waals surface area contributed by atoms with Gasteiger partial charge >= 0.3 is 0 Å². The van der Waals surface area contributed by atoms with Crippen LogP contribution in [0.15, 0.2) is 36.5 Å². The van der Waals surface area contributed by atoms with Crippen molar-refractivity contribution < 1.29 is 10.0 Å². The largest absolute Gasteiger partial charge is 0.340 e. The minimum Gasteiger partial charge on any atom is -0.340 e. The molecule has 0 spiro atoms. The van der Waals surface area contributed by atoms with Gasteiger partial charge in [-0.15, -0.1) is 5.10 Å². The quantitative estimate of drug-likeness (QED) is 0.365. The molecule has 8 heteroatoms. The number of aromatic nitrogens is 5. The topological polar surface area (TPSA) is 109 Å². The minimum absolute atomic E-state index is 0.0660. The lowest BCUT2D eigenvalue weighted by Crippen LogP contribution is -2.14. The molecular weight excluding hydrogens is 308 g/mol. The average Bonchev–Trinajstić information content (AvgIpc) is 3.24. The van der Waals surface area contributed by atoms with Crippen LogP contribution < -0.4 is 5.48 Å². The Balaban J connectivity index is 1.89. The van der Waals surface area contributed by atoms with Crippen molar-refractivity contribution in [2.45, 2.75) is 25.8 Å². The van der Waals surface area contributed by atoms with Crippen LogP contribution in [-0.2, 0) is 4.79 Å². The second kappa shape index (κ2) is 7.05. The molecule has 8 nitrogen and oxygen atoms in total. The number of hydroxylamine groups is 1. The lowest BCUT2D eigenvalue weighted by Gasteiger charge is -2.13. The number of carbonyl (C=O) groups is 1. The van der Waals surface area contributed by atoms with Crippen LogP contribution in [0, 0.1) is 0 Å². The van der Waals surface area contributed by atoms with E-state index in [-0.39, 0.29) is 6.04 Å². The summed E-state index contributed by atoms with van der Waals surface area (Å²) >= 11 is 0. The van der Waals surface area contributed by atoms with Crippen LogP contribution in [0.4, 0.5) is 0 Å². The number of H-pyrrole nitrogens is 1. The predicted molar refractivity (Wildman–Crippen MR) is 88.1 cm³/mol. The van der Waals surface area contributed by atoms with Gasteiger partial charge in [-0.3, -0.25) is 10.0 Å². The average molecular weight is 326 g/mol. The molecule has 0 aliphatic rings. The summed E-state index contributed by atoms with van der Waals surface area (Å²) in [5, 5.41) is 16.7. The van der Waals surface area contributed by atoms with Gasteiger partial charge in [0.05, 0.1) is 17.2 Å². The third-order valence-corrected chi connectivity index (χ3v) is 3.65. The maximum Gasteiger partial charge on any atom is 0.267 e. The second-order valence-electron chi connectivity index (χ2n) is 5.38. The van der Waals surface area contributed by atoms with E-state index in [2.05, 4.69) is 27.2 Å². The number of imidazole rings is 1. The number of amides is 1. The first kappa shape index (κ1) is 15.9. The van der Waals surface area contributed by atoms with Crippen molar-refractivity contribution in [2.24, 2.45) is 0 Å². The molecule has 0 saturated carbocycles. The molecule has 3 rings (SSSR count). The number of benzene rings is 1. The first-order chi connectivity index (χ1) is 11.7. The molecule has 24 heavy (non-hydrogen) atoms. The fourth-order valence-electron chi connectivity index (χ4n) is 2.52. The monoisotopic (exact) mass is 326 g/mol. The summed E-state index contributed by atoms with van der Waals surface area (Å²) in [6, 6.07) is 7.79. The lowest BCUT2D eigenvalue weighted by atomic mass is 10.1. The fourth-order valence-corrected chi connectivity index (χ4v) is 2.52. The van der Waals surface area contributed by atoms with Gasteiger partial charge in [-0.2, -0.15) is 0 Å². The van der Waals surface area contributed by atoms with Crippen LogP contribution in [0.5, 0.6) is 0 Å². The Bertz CT molecular complexity index is 833. The zero-order chi connectivity index (χ0) is 16.9. The van der Waals surface area contributed by atoms with E-state index >= 15 is 0 Å². The molecule has 2 aromatic heterocycles. The summed E-state index contributed by atoms with van der Waals surface area (Å²) in [6.45, 7) is 2.10. The Kier molecular flexibility index (Phi) is 4.66. The first-order valence-corrected chi connectivity index (χ1v) is 7.70. The van der Waals surface area contributed by atoms with Crippen molar-refractivity contribution >= 4 is 23.0 Å². The van der Waals surface area contributed by atoms with Gasteiger partial charge in [0.15, 0.2) is 0 Å². The van der Waals surface area contributed by atoms with Gasteiger partial charge in [-0.1, -0.05) is 30.7 Å². The van der Waals surface area contributed by atoms with Crippen molar-refractivity contribution in [3.8, 4) is 0 Å². The number of aromatic amines is 1. The van der Waals surface area contributed by atoms with Gasteiger partial charge in [0, 0.05) is 6.08 Å². The van der Waals surface area contributed by atoms with Gasteiger partial charge in [0.1, 0.15) is 17.6 Å². The molecule has 1 amide bonds. The maximum absolute atomic E-state index is 11.0. The lowest BCUT2D eigenvalue weighted by molar-refractivity contribution is -0.124. The van der Waals surface area contributed by atoms with E-state index in [1.54, 1.807) is 10.9 Å². The minimum atomic E-state index is -0.619. The summed E-state index contributed by atoms with van der Waals surface area (Å²) in [5.74, 6) is 0.207. The molecule has 1 atom stereocenters. The number of para-hydroxylation sites is 2. The van der Waals surface area contributed by atoms with E-state index in [9.17, 15) is 4.79 Å². The van der Waals surface area contributed by atoms with Crippen molar-refractivity contribution in [3.63, 3.8) is 0 Å². The van der Waals surface area contributed by atoms with Crippen molar-refractivity contribution in [3.05, 3.63) is 48.1 Å². The van der Waals surface area contributed by atoms with Crippen molar-refractivity contribution in [1.29, 1.82) is 0 Å². The zero-order valence-electron chi connectivity index (χ0n) is 13.2. The van der Waals surface area contributed by atoms with Gasteiger partial charge in [-0.25, -0.2) is 15.1 Å². The number of nitrogens with zero attached hydrogens (tertiary/aromatic N) is 4. The summed E-state index contributed by atoms with van der Waals surface area (Å²) in [7, 11) is 0. The Hall–Kier alpha value is -3.00. The number of rotatable bonds is 6. The van der Waals surface area contributed by atoms with Crippen molar-refractivity contribution in [1.82, 2.24) is 30.4 Å². The van der Waals surface area contributed by atoms with E-state index in [0.29, 0.717) is 5.69 Å². The predicted octanol–water partition coefficient (Wildman–Crippen LogP) is 2.06. The Morgan fingerprint density at radius 2 is 2.29 bits per heavy atom. The van der Waals surface area contributed by atoms with Crippen LogP contribution in [-0.4, -0.2) is 36.1 Å². The highest BCUT2D eigenvalue weighted by Gasteiger charge is 2.18. The molecule has 1 aromatic carbocycles. The highest BCUT2D eigenvalue weighted by atomic mass is 16.5. The van der Waals surface area contributed by atoms with Crippen LogP contribution in [0.25, 0.3) is 17.1 Å². The molecule has 124 valence electrons. The fraction of sp³-hybridized carbons (Fsp3) is 0.250. The summed E-state index contributed by atoms with van der Waals surface area (Å²) < 4.78 is 1.73. The molecule has 0 radical (unpaired) electrons. The Labute approximate surface area is 138 Å². The van der Waals surface area contributed by atoms with Crippen LogP contribution in [0.3, 0.4) is 0 Å². The van der Waals surface area contributed by atoms with Crippen LogP contribution in [0.1, 0.15) is 37.3 Å². The van der Waals surface area contributed by atoms with Crippen molar-refractivity contribution in [2.75, 3.05) is 0 Å². The Morgan fingerprint density at radius 1 is 1.46 bits per heavy atom. The molecule has 3 N–H and O–H groups in total. The Morgan fingerprint density at radius 3 is 3.04 bits per heavy atom. The molecule has 0 saturated heterocycles.